The molecule has 0 aliphatic heterocycles. The van der Waals surface area contributed by atoms with Crippen LogP contribution in [0.15, 0.2) is 18.2 Å². The van der Waals surface area contributed by atoms with E-state index in [2.05, 4.69) is 59.7 Å². The van der Waals surface area contributed by atoms with Crippen LogP contribution in [0.4, 0.5) is 0 Å². The van der Waals surface area contributed by atoms with Crippen LogP contribution in [-0.2, 0) is 10.8 Å². The maximum atomic E-state index is 6.51. The number of rotatable bonds is 4. The molecule has 1 aromatic carbocycles. The third kappa shape index (κ3) is 3.18. The first-order valence-corrected chi connectivity index (χ1v) is 8.59. The molecule has 0 saturated heterocycles. The molecule has 0 spiro atoms. The molecule has 1 aliphatic rings. The smallest absolute Gasteiger partial charge is 0.0320 e. The van der Waals surface area contributed by atoms with Gasteiger partial charge < -0.3 is 5.73 Å². The summed E-state index contributed by atoms with van der Waals surface area (Å²) < 4.78 is 0. The van der Waals surface area contributed by atoms with Crippen LogP contribution in [0.2, 0.25) is 0 Å². The van der Waals surface area contributed by atoms with E-state index in [0.717, 1.165) is 0 Å². The highest BCUT2D eigenvalue weighted by Crippen LogP contribution is 2.46. The van der Waals surface area contributed by atoms with Crippen LogP contribution < -0.4 is 5.73 Å². The number of hydrogen-bond acceptors (Lipinski definition) is 1. The van der Waals surface area contributed by atoms with E-state index in [9.17, 15) is 0 Å². The normalized spacial score (nSPS) is 22.4. The zero-order chi connectivity index (χ0) is 15.8. The molecule has 0 amide bonds. The quantitative estimate of drug-likeness (QED) is 0.780. The highest BCUT2D eigenvalue weighted by Gasteiger charge is 2.37. The van der Waals surface area contributed by atoms with Crippen LogP contribution in [-0.4, -0.2) is 0 Å². The molecule has 0 radical (unpaired) electrons. The highest BCUT2D eigenvalue weighted by molar-refractivity contribution is 5.44. The zero-order valence-electron chi connectivity index (χ0n) is 14.8. The second-order valence-electron chi connectivity index (χ2n) is 8.36. The zero-order valence-corrected chi connectivity index (χ0v) is 14.8. The fourth-order valence-corrected chi connectivity index (χ4v) is 3.78. The third-order valence-electron chi connectivity index (χ3n) is 5.62. The van der Waals surface area contributed by atoms with Crippen LogP contribution in [0.25, 0.3) is 0 Å². The predicted octanol–water partition coefficient (Wildman–Crippen LogP) is 5.47. The van der Waals surface area contributed by atoms with Crippen LogP contribution in [0, 0.1) is 5.92 Å². The maximum Gasteiger partial charge on any atom is 0.0320 e. The molecule has 0 fully saturated rings. The fraction of sp³-hybridized carbons (Fsp3) is 0.700. The lowest BCUT2D eigenvalue weighted by Crippen LogP contribution is -2.34. The summed E-state index contributed by atoms with van der Waals surface area (Å²) in [6.45, 7) is 14.0. The summed E-state index contributed by atoms with van der Waals surface area (Å²) in [4.78, 5) is 0. The molecule has 1 aliphatic carbocycles. The SMILES string of the molecule is CCCC(C)C(N)c1ccc2c(c1)C(C)(C)CCC2(C)C. The summed E-state index contributed by atoms with van der Waals surface area (Å²) in [5.41, 5.74) is 11.4. The molecule has 0 bridgehead atoms. The molecular weight excluding hydrogens is 254 g/mol. The number of fused-ring (bicyclic) bond motifs is 1. The van der Waals surface area contributed by atoms with Crippen LogP contribution in [0.5, 0.6) is 0 Å². The lowest BCUT2D eigenvalue weighted by molar-refractivity contribution is 0.330. The van der Waals surface area contributed by atoms with Crippen molar-refractivity contribution in [3.63, 3.8) is 0 Å². The Hall–Kier alpha value is -0.820. The molecule has 1 heteroatoms. The maximum absolute atomic E-state index is 6.51. The molecule has 0 aromatic heterocycles. The second-order valence-corrected chi connectivity index (χ2v) is 8.36. The van der Waals surface area contributed by atoms with Gasteiger partial charge in [0.15, 0.2) is 0 Å². The molecule has 2 N–H and O–H groups in total. The third-order valence-corrected chi connectivity index (χ3v) is 5.62. The lowest BCUT2D eigenvalue weighted by atomic mass is 9.62. The standard InChI is InChI=1S/C20H33N/c1-7-8-14(2)18(21)15-9-10-16-17(13-15)20(5,6)12-11-19(16,3)4/h9-10,13-14,18H,7-8,11-12,21H2,1-6H3. The Balaban J connectivity index is 2.42. The van der Waals surface area contributed by atoms with Crippen molar-refractivity contribution in [3.05, 3.63) is 34.9 Å². The van der Waals surface area contributed by atoms with Gasteiger partial charge >= 0.3 is 0 Å². The first-order chi connectivity index (χ1) is 9.69. The van der Waals surface area contributed by atoms with Crippen molar-refractivity contribution < 1.29 is 0 Å². The van der Waals surface area contributed by atoms with Gasteiger partial charge in [0.2, 0.25) is 0 Å². The molecule has 118 valence electrons. The van der Waals surface area contributed by atoms with E-state index in [4.69, 9.17) is 5.73 Å². The van der Waals surface area contributed by atoms with E-state index in [0.29, 0.717) is 11.3 Å². The van der Waals surface area contributed by atoms with Crippen molar-refractivity contribution in [1.82, 2.24) is 0 Å². The first-order valence-electron chi connectivity index (χ1n) is 8.59. The Morgan fingerprint density at radius 2 is 1.62 bits per heavy atom. The van der Waals surface area contributed by atoms with Gasteiger partial charge in [0.25, 0.3) is 0 Å². The molecule has 2 unspecified atom stereocenters. The van der Waals surface area contributed by atoms with E-state index in [1.54, 1.807) is 0 Å². The van der Waals surface area contributed by atoms with Gasteiger partial charge in [-0.05, 0) is 52.7 Å². The fourth-order valence-electron chi connectivity index (χ4n) is 3.78. The van der Waals surface area contributed by atoms with Crippen LogP contribution >= 0.6 is 0 Å². The minimum absolute atomic E-state index is 0.163. The van der Waals surface area contributed by atoms with Crippen molar-refractivity contribution in [2.24, 2.45) is 11.7 Å². The minimum Gasteiger partial charge on any atom is -0.324 e. The Morgan fingerprint density at radius 1 is 1.05 bits per heavy atom. The summed E-state index contributed by atoms with van der Waals surface area (Å²) in [5, 5.41) is 0. The van der Waals surface area contributed by atoms with Gasteiger partial charge in [-0.1, -0.05) is 66.2 Å². The Morgan fingerprint density at radius 3 is 2.19 bits per heavy atom. The Bertz CT molecular complexity index is 499. The average Bonchev–Trinajstić information content (AvgIpc) is 2.43. The van der Waals surface area contributed by atoms with Gasteiger partial charge in [-0.2, -0.15) is 0 Å². The number of benzene rings is 1. The largest absolute Gasteiger partial charge is 0.324 e. The molecule has 1 nitrogen and oxygen atoms in total. The second kappa shape index (κ2) is 5.76. The predicted molar refractivity (Wildman–Crippen MR) is 92.7 cm³/mol. The van der Waals surface area contributed by atoms with Gasteiger partial charge in [0.1, 0.15) is 0 Å². The first kappa shape index (κ1) is 16.5. The Labute approximate surface area is 131 Å². The van der Waals surface area contributed by atoms with Gasteiger partial charge in [-0.15, -0.1) is 0 Å². The van der Waals surface area contributed by atoms with Crippen molar-refractivity contribution in [1.29, 1.82) is 0 Å². The van der Waals surface area contributed by atoms with Crippen LogP contribution in [0.1, 0.15) is 90.0 Å². The van der Waals surface area contributed by atoms with E-state index < -0.39 is 0 Å². The van der Waals surface area contributed by atoms with Crippen molar-refractivity contribution >= 4 is 0 Å². The summed E-state index contributed by atoms with van der Waals surface area (Å²) in [7, 11) is 0. The lowest BCUT2D eigenvalue weighted by Gasteiger charge is -2.42. The summed E-state index contributed by atoms with van der Waals surface area (Å²) in [5.74, 6) is 0.549. The average molecular weight is 287 g/mol. The van der Waals surface area contributed by atoms with E-state index in [-0.39, 0.29) is 11.5 Å². The monoisotopic (exact) mass is 287 g/mol. The molecule has 21 heavy (non-hydrogen) atoms. The van der Waals surface area contributed by atoms with Crippen molar-refractivity contribution in [2.45, 2.75) is 84.1 Å². The molecule has 0 heterocycles. The molecular formula is C20H33N. The van der Waals surface area contributed by atoms with Crippen LogP contribution in [0.3, 0.4) is 0 Å². The molecule has 0 saturated carbocycles. The van der Waals surface area contributed by atoms with E-state index >= 15 is 0 Å². The van der Waals surface area contributed by atoms with Crippen molar-refractivity contribution in [3.8, 4) is 0 Å². The molecule has 2 atom stereocenters. The summed E-state index contributed by atoms with van der Waals surface area (Å²) >= 11 is 0. The molecule has 1 aromatic rings. The molecule has 2 rings (SSSR count). The van der Waals surface area contributed by atoms with Gasteiger partial charge in [-0.3, -0.25) is 0 Å². The topological polar surface area (TPSA) is 26.0 Å². The van der Waals surface area contributed by atoms with Gasteiger partial charge in [0.05, 0.1) is 0 Å². The van der Waals surface area contributed by atoms with Crippen molar-refractivity contribution in [2.75, 3.05) is 0 Å². The van der Waals surface area contributed by atoms with E-state index in [1.807, 2.05) is 0 Å². The summed E-state index contributed by atoms with van der Waals surface area (Å²) in [6, 6.07) is 7.20. The van der Waals surface area contributed by atoms with E-state index in [1.165, 1.54) is 42.4 Å². The highest BCUT2D eigenvalue weighted by atomic mass is 14.6. The Kier molecular flexibility index (Phi) is 4.54. The number of nitrogens with two attached hydrogens (primary N) is 1. The minimum atomic E-state index is 0.163. The number of hydrogen-bond donors (Lipinski definition) is 1. The van der Waals surface area contributed by atoms with Gasteiger partial charge in [0, 0.05) is 6.04 Å². The summed E-state index contributed by atoms with van der Waals surface area (Å²) in [6.07, 6.45) is 4.94. The van der Waals surface area contributed by atoms with Gasteiger partial charge in [-0.25, -0.2) is 0 Å².